The van der Waals surface area contributed by atoms with Crippen molar-refractivity contribution in [2.75, 3.05) is 0 Å². The number of hydrogen-bond acceptors (Lipinski definition) is 5. The Kier molecular flexibility index (Phi) is 7.26. The molecule has 0 atom stereocenters. The van der Waals surface area contributed by atoms with E-state index in [-0.39, 0.29) is 21.1 Å². The van der Waals surface area contributed by atoms with Gasteiger partial charge in [0.15, 0.2) is 0 Å². The van der Waals surface area contributed by atoms with E-state index in [9.17, 15) is 0 Å². The van der Waals surface area contributed by atoms with Gasteiger partial charge in [-0.3, -0.25) is 15.0 Å². The minimum Gasteiger partial charge on any atom is -0.497 e. The maximum Gasteiger partial charge on any atom is 2.00 e. The van der Waals surface area contributed by atoms with Crippen LogP contribution in [0.15, 0.2) is 97.8 Å². The van der Waals surface area contributed by atoms with Crippen LogP contribution in [0, 0.1) is 12.1 Å². The zero-order valence-corrected chi connectivity index (χ0v) is 29.1. The number of hydrogen-bond donors (Lipinski definition) is 0. The molecule has 5 aromatic heterocycles. The first-order valence-electron chi connectivity index (χ1n) is 15.9. The zero-order chi connectivity index (χ0) is 31.8. The van der Waals surface area contributed by atoms with Gasteiger partial charge in [0.1, 0.15) is 5.65 Å². The van der Waals surface area contributed by atoms with Crippen molar-refractivity contribution in [2.24, 2.45) is 0 Å². The SMILES string of the molecule is CC(C)c1cccc(C(C)C)c1-c1cccc2c3ccc(Oc4[c-]c5c(cc4)c4nccnc4n4ccnc54)[c-]c3c3nccn3c12.[Pt+2]. The minimum absolute atomic E-state index is 0. The normalized spacial score (nSPS) is 12.0. The van der Waals surface area contributed by atoms with Gasteiger partial charge in [0.05, 0.1) is 16.8 Å². The molecule has 0 unspecified atom stereocenters. The maximum atomic E-state index is 6.43. The van der Waals surface area contributed by atoms with Crippen molar-refractivity contribution in [2.45, 2.75) is 39.5 Å². The summed E-state index contributed by atoms with van der Waals surface area (Å²) in [6.07, 6.45) is 11.0. The number of pyridine rings is 2. The second-order valence-electron chi connectivity index (χ2n) is 12.6. The average Bonchev–Trinajstić information content (AvgIpc) is 3.79. The second kappa shape index (κ2) is 11.5. The van der Waals surface area contributed by atoms with E-state index in [0.29, 0.717) is 23.3 Å². The largest absolute Gasteiger partial charge is 2.00 e. The monoisotopic (exact) mass is 805 g/mol. The Bertz CT molecular complexity index is 2660. The third kappa shape index (κ3) is 4.52. The van der Waals surface area contributed by atoms with Gasteiger partial charge in [0, 0.05) is 59.8 Å². The molecule has 8 heteroatoms. The van der Waals surface area contributed by atoms with E-state index in [4.69, 9.17) is 9.72 Å². The number of imidazole rings is 2. The maximum absolute atomic E-state index is 6.43. The summed E-state index contributed by atoms with van der Waals surface area (Å²) in [5, 5.41) is 4.86. The number of aromatic nitrogens is 6. The van der Waals surface area contributed by atoms with E-state index in [1.807, 2.05) is 35.0 Å². The molecular weight excluding hydrogens is 776 g/mol. The molecule has 0 bridgehead atoms. The molecule has 0 saturated heterocycles. The predicted octanol–water partition coefficient (Wildman–Crippen LogP) is 9.69. The fourth-order valence-electron chi connectivity index (χ4n) is 7.07. The first-order valence-corrected chi connectivity index (χ1v) is 15.9. The molecular formula is C40H30N6OPt. The molecule has 0 radical (unpaired) electrons. The van der Waals surface area contributed by atoms with Crippen molar-refractivity contribution in [3.63, 3.8) is 0 Å². The van der Waals surface area contributed by atoms with Gasteiger partial charge in [0.2, 0.25) is 0 Å². The second-order valence-corrected chi connectivity index (χ2v) is 12.6. The first kappa shape index (κ1) is 30.2. The molecule has 9 aromatic rings. The van der Waals surface area contributed by atoms with Crippen LogP contribution >= 0.6 is 0 Å². The molecule has 0 amide bonds. The average molecular weight is 806 g/mol. The van der Waals surface area contributed by atoms with E-state index in [1.54, 1.807) is 18.6 Å². The third-order valence-electron chi connectivity index (χ3n) is 9.16. The fraction of sp³-hybridized carbons (Fsp3) is 0.150. The van der Waals surface area contributed by atoms with E-state index >= 15 is 0 Å². The van der Waals surface area contributed by atoms with Crippen molar-refractivity contribution < 1.29 is 25.8 Å². The number of ether oxygens (including phenoxy) is 1. The molecule has 9 rings (SSSR count). The molecule has 0 aliphatic heterocycles. The summed E-state index contributed by atoms with van der Waals surface area (Å²) in [4.78, 5) is 18.6. The van der Waals surface area contributed by atoms with Crippen LogP contribution in [-0.2, 0) is 21.1 Å². The van der Waals surface area contributed by atoms with Crippen LogP contribution in [0.2, 0.25) is 0 Å². The molecule has 5 heterocycles. The Morgan fingerprint density at radius 3 is 1.88 bits per heavy atom. The first-order chi connectivity index (χ1) is 23.0. The van der Waals surface area contributed by atoms with Gasteiger partial charge in [-0.05, 0) is 33.9 Å². The summed E-state index contributed by atoms with van der Waals surface area (Å²) in [6, 6.07) is 28.4. The third-order valence-corrected chi connectivity index (χ3v) is 9.16. The Morgan fingerprint density at radius 2 is 1.17 bits per heavy atom. The summed E-state index contributed by atoms with van der Waals surface area (Å²) in [5.41, 5.74) is 9.52. The summed E-state index contributed by atoms with van der Waals surface area (Å²) < 4.78 is 10.6. The Morgan fingerprint density at radius 1 is 0.583 bits per heavy atom. The van der Waals surface area contributed by atoms with Crippen LogP contribution in [0.1, 0.15) is 50.7 Å². The van der Waals surface area contributed by atoms with Gasteiger partial charge in [-0.1, -0.05) is 110 Å². The summed E-state index contributed by atoms with van der Waals surface area (Å²) in [6.45, 7) is 9.09. The van der Waals surface area contributed by atoms with E-state index in [0.717, 1.165) is 54.9 Å². The van der Waals surface area contributed by atoms with Crippen molar-refractivity contribution >= 4 is 54.9 Å². The van der Waals surface area contributed by atoms with E-state index in [1.165, 1.54) is 22.3 Å². The molecule has 0 aliphatic rings. The summed E-state index contributed by atoms with van der Waals surface area (Å²) >= 11 is 0. The van der Waals surface area contributed by atoms with Gasteiger partial charge in [0.25, 0.3) is 0 Å². The van der Waals surface area contributed by atoms with Gasteiger partial charge >= 0.3 is 21.1 Å². The number of benzene rings is 4. The molecule has 0 aliphatic carbocycles. The van der Waals surface area contributed by atoms with Crippen LogP contribution in [0.25, 0.3) is 66.0 Å². The van der Waals surface area contributed by atoms with E-state index in [2.05, 4.69) is 108 Å². The van der Waals surface area contributed by atoms with Gasteiger partial charge < -0.3 is 13.5 Å². The smallest absolute Gasteiger partial charge is 0.497 e. The number of para-hydroxylation sites is 1. The fourth-order valence-corrected chi connectivity index (χ4v) is 7.07. The number of rotatable bonds is 5. The number of nitrogens with zero attached hydrogens (tertiary/aromatic N) is 6. The van der Waals surface area contributed by atoms with Crippen LogP contribution in [0.4, 0.5) is 0 Å². The predicted molar refractivity (Wildman–Crippen MR) is 187 cm³/mol. The summed E-state index contributed by atoms with van der Waals surface area (Å²) in [7, 11) is 0. The van der Waals surface area contributed by atoms with Crippen LogP contribution in [0.5, 0.6) is 11.5 Å². The topological polar surface area (TPSA) is 69.6 Å². The summed E-state index contributed by atoms with van der Waals surface area (Å²) in [5.74, 6) is 1.92. The molecule has 7 nitrogen and oxygen atoms in total. The quantitative estimate of drug-likeness (QED) is 0.128. The minimum atomic E-state index is 0. The number of fused-ring (bicyclic) bond motifs is 12. The Balaban J connectivity index is 0.00000336. The molecule has 0 fully saturated rings. The molecule has 0 saturated carbocycles. The van der Waals surface area contributed by atoms with Gasteiger partial charge in [-0.25, -0.2) is 4.98 Å². The standard InChI is InChI=1S/C40H30N6O.Pt/c1-23(2)27-7-5-8-28(24(3)4)35(27)32-10-6-9-31-29-13-11-25(21-33(29)38-43-17-19-45(38)37(31)32)47-26-12-14-30-34(22-26)39-44-18-20-46(39)40-36(30)41-15-16-42-40;/h5-20,23-24H,1-4H3;/q-2;+2. The molecule has 236 valence electrons. The van der Waals surface area contributed by atoms with Crippen LogP contribution in [0.3, 0.4) is 0 Å². The van der Waals surface area contributed by atoms with Crippen molar-refractivity contribution in [1.82, 2.24) is 28.7 Å². The molecule has 0 N–H and O–H groups in total. The van der Waals surface area contributed by atoms with Crippen molar-refractivity contribution in [3.8, 4) is 22.6 Å². The van der Waals surface area contributed by atoms with Gasteiger partial charge in [-0.15, -0.1) is 12.1 Å². The Labute approximate surface area is 291 Å². The van der Waals surface area contributed by atoms with Crippen molar-refractivity contribution in [3.05, 3.63) is 121 Å². The molecule has 48 heavy (non-hydrogen) atoms. The van der Waals surface area contributed by atoms with Crippen molar-refractivity contribution in [1.29, 1.82) is 0 Å². The van der Waals surface area contributed by atoms with Crippen LogP contribution < -0.4 is 4.74 Å². The zero-order valence-electron chi connectivity index (χ0n) is 26.8. The molecule has 4 aromatic carbocycles. The van der Waals surface area contributed by atoms with E-state index < -0.39 is 0 Å². The van der Waals surface area contributed by atoms with Gasteiger partial charge in [-0.2, -0.15) is 0 Å². The Hall–Kier alpha value is -5.13. The van der Waals surface area contributed by atoms with Crippen LogP contribution in [-0.4, -0.2) is 28.7 Å². The molecule has 0 spiro atoms.